The summed E-state index contributed by atoms with van der Waals surface area (Å²) in [7, 11) is -4.58. The number of benzene rings is 1. The van der Waals surface area contributed by atoms with Crippen LogP contribution in [-0.4, -0.2) is 31.7 Å². The summed E-state index contributed by atoms with van der Waals surface area (Å²) >= 11 is 0. The molecule has 1 saturated heterocycles. The van der Waals surface area contributed by atoms with Crippen molar-refractivity contribution >= 4 is 21.8 Å². The maximum Gasteiger partial charge on any atom is 0.302 e. The van der Waals surface area contributed by atoms with Gasteiger partial charge in [-0.2, -0.15) is 8.42 Å². The van der Waals surface area contributed by atoms with Gasteiger partial charge in [-0.05, 0) is 24.1 Å². The summed E-state index contributed by atoms with van der Waals surface area (Å²) in [6.07, 6.45) is 0.0198. The lowest BCUT2D eigenvalue weighted by Gasteiger charge is -2.20. The van der Waals surface area contributed by atoms with Gasteiger partial charge in [0.15, 0.2) is 0 Å². The summed E-state index contributed by atoms with van der Waals surface area (Å²) in [5.74, 6) is -1.39. The van der Waals surface area contributed by atoms with E-state index in [1.165, 1.54) is 4.90 Å². The molecule has 0 saturated carbocycles. The topological polar surface area (TPSA) is 74.7 Å². The molecular weight excluding hydrogens is 285 g/mol. The molecule has 0 bridgehead atoms. The predicted molar refractivity (Wildman–Crippen MR) is 72.5 cm³/mol. The van der Waals surface area contributed by atoms with Crippen molar-refractivity contribution in [2.24, 2.45) is 5.92 Å². The van der Waals surface area contributed by atoms with Crippen LogP contribution in [0.4, 0.5) is 9.57 Å². The van der Waals surface area contributed by atoms with Crippen LogP contribution in [0.5, 0.6) is 0 Å². The molecule has 1 aliphatic heterocycles. The van der Waals surface area contributed by atoms with Crippen LogP contribution in [-0.2, 0) is 21.6 Å². The molecule has 1 fully saturated rings. The first kappa shape index (κ1) is 14.9. The number of hydrogen-bond donors (Lipinski definition) is 1. The van der Waals surface area contributed by atoms with E-state index in [1.807, 2.05) is 0 Å². The number of halogens is 1. The monoisotopic (exact) mass is 301 g/mol. The molecule has 0 aliphatic carbocycles. The highest BCUT2D eigenvalue weighted by Crippen LogP contribution is 2.30. The molecule has 1 aromatic rings. The SMILES string of the molecule is Cc1c(CO)cccc1N1CC(CS(=O)(=O)F)CC1=O. The first-order valence-corrected chi connectivity index (χ1v) is 7.79. The summed E-state index contributed by atoms with van der Waals surface area (Å²) in [4.78, 5) is 13.4. The average Bonchev–Trinajstić information content (AvgIpc) is 2.68. The number of amides is 1. The molecule has 110 valence electrons. The van der Waals surface area contributed by atoms with Crippen LogP contribution in [0.3, 0.4) is 0 Å². The number of rotatable bonds is 4. The Hall–Kier alpha value is -1.47. The summed E-state index contributed by atoms with van der Waals surface area (Å²) in [5.41, 5.74) is 2.12. The number of anilines is 1. The molecule has 1 atom stereocenters. The van der Waals surface area contributed by atoms with Gasteiger partial charge < -0.3 is 10.0 Å². The third kappa shape index (κ3) is 3.16. The number of aliphatic hydroxyl groups excluding tert-OH is 1. The normalized spacial score (nSPS) is 19.6. The van der Waals surface area contributed by atoms with Gasteiger partial charge in [-0.1, -0.05) is 12.1 Å². The van der Waals surface area contributed by atoms with Crippen molar-refractivity contribution in [3.05, 3.63) is 29.3 Å². The van der Waals surface area contributed by atoms with Crippen LogP contribution < -0.4 is 4.90 Å². The van der Waals surface area contributed by atoms with Crippen molar-refractivity contribution in [2.45, 2.75) is 20.0 Å². The molecule has 20 heavy (non-hydrogen) atoms. The van der Waals surface area contributed by atoms with Gasteiger partial charge in [0, 0.05) is 24.6 Å². The smallest absolute Gasteiger partial charge is 0.302 e. The Bertz CT molecular complexity index is 629. The molecule has 1 N–H and O–H groups in total. The quantitative estimate of drug-likeness (QED) is 0.846. The first-order valence-electron chi connectivity index (χ1n) is 6.24. The van der Waals surface area contributed by atoms with Gasteiger partial charge in [-0.25, -0.2) is 0 Å². The molecule has 1 heterocycles. The van der Waals surface area contributed by atoms with Gasteiger partial charge in [-0.3, -0.25) is 4.79 Å². The van der Waals surface area contributed by atoms with E-state index < -0.39 is 21.9 Å². The molecule has 2 rings (SSSR count). The summed E-state index contributed by atoms with van der Waals surface area (Å²) in [5, 5.41) is 9.22. The number of carbonyl (C=O) groups excluding carboxylic acids is 1. The van der Waals surface area contributed by atoms with Gasteiger partial charge in [0.1, 0.15) is 0 Å². The lowest BCUT2D eigenvalue weighted by Crippen LogP contribution is -2.26. The molecule has 5 nitrogen and oxygen atoms in total. The second-order valence-corrected chi connectivity index (χ2v) is 6.41. The van der Waals surface area contributed by atoms with Crippen molar-refractivity contribution in [1.29, 1.82) is 0 Å². The highest BCUT2D eigenvalue weighted by atomic mass is 32.3. The maximum atomic E-state index is 12.7. The molecule has 1 aliphatic rings. The lowest BCUT2D eigenvalue weighted by atomic mass is 10.1. The molecular formula is C13H16FNO4S. The second-order valence-electron chi connectivity index (χ2n) is 5.00. The fourth-order valence-electron chi connectivity index (χ4n) is 2.54. The Morgan fingerprint density at radius 1 is 1.45 bits per heavy atom. The number of aliphatic hydroxyl groups is 1. The Morgan fingerprint density at radius 2 is 2.15 bits per heavy atom. The van der Waals surface area contributed by atoms with Gasteiger partial charge in [-0.15, -0.1) is 3.89 Å². The van der Waals surface area contributed by atoms with Crippen molar-refractivity contribution in [1.82, 2.24) is 0 Å². The van der Waals surface area contributed by atoms with Gasteiger partial charge in [0.25, 0.3) is 0 Å². The van der Waals surface area contributed by atoms with E-state index in [2.05, 4.69) is 0 Å². The van der Waals surface area contributed by atoms with Crippen molar-refractivity contribution < 1.29 is 22.2 Å². The molecule has 0 aromatic heterocycles. The molecule has 0 radical (unpaired) electrons. The average molecular weight is 301 g/mol. The Labute approximate surface area is 117 Å². The van der Waals surface area contributed by atoms with Crippen LogP contribution in [0.2, 0.25) is 0 Å². The van der Waals surface area contributed by atoms with E-state index in [0.29, 0.717) is 11.3 Å². The van der Waals surface area contributed by atoms with E-state index in [0.717, 1.165) is 5.56 Å². The van der Waals surface area contributed by atoms with Crippen LogP contribution in [0.1, 0.15) is 17.5 Å². The third-order valence-corrected chi connectivity index (χ3v) is 4.39. The Kier molecular flexibility index (Phi) is 4.10. The Balaban J connectivity index is 2.24. The largest absolute Gasteiger partial charge is 0.392 e. The summed E-state index contributed by atoms with van der Waals surface area (Å²) in [6.45, 7) is 1.83. The van der Waals surface area contributed by atoms with Crippen molar-refractivity contribution in [3.63, 3.8) is 0 Å². The van der Waals surface area contributed by atoms with Crippen LogP contribution in [0.15, 0.2) is 18.2 Å². The molecule has 7 heteroatoms. The first-order chi connectivity index (χ1) is 9.31. The van der Waals surface area contributed by atoms with Gasteiger partial charge >= 0.3 is 10.2 Å². The van der Waals surface area contributed by atoms with Gasteiger partial charge in [0.2, 0.25) is 5.91 Å². The Morgan fingerprint density at radius 3 is 2.75 bits per heavy atom. The standard InChI is InChI=1S/C13H16FNO4S/c1-9-11(7-16)3-2-4-12(9)15-6-10(5-13(15)17)8-20(14,18)19/h2-4,10,16H,5-8H2,1H3. The van der Waals surface area contributed by atoms with E-state index in [4.69, 9.17) is 0 Å². The van der Waals surface area contributed by atoms with E-state index in [-0.39, 0.29) is 25.5 Å². The van der Waals surface area contributed by atoms with Gasteiger partial charge in [0.05, 0.1) is 12.4 Å². The van der Waals surface area contributed by atoms with Crippen LogP contribution in [0, 0.1) is 12.8 Å². The summed E-state index contributed by atoms with van der Waals surface area (Å²) in [6, 6.07) is 5.21. The second kappa shape index (κ2) is 5.49. The third-order valence-electron chi connectivity index (χ3n) is 3.52. The molecule has 1 unspecified atom stereocenters. The van der Waals surface area contributed by atoms with E-state index in [9.17, 15) is 22.2 Å². The van der Waals surface area contributed by atoms with Crippen LogP contribution >= 0.6 is 0 Å². The molecule has 0 spiro atoms. The van der Waals surface area contributed by atoms with Crippen molar-refractivity contribution in [2.75, 3.05) is 17.2 Å². The minimum absolute atomic E-state index is 0.0198. The minimum atomic E-state index is -4.58. The lowest BCUT2D eigenvalue weighted by molar-refractivity contribution is -0.117. The highest BCUT2D eigenvalue weighted by Gasteiger charge is 2.34. The van der Waals surface area contributed by atoms with E-state index >= 15 is 0 Å². The van der Waals surface area contributed by atoms with Crippen LogP contribution in [0.25, 0.3) is 0 Å². The number of nitrogens with zero attached hydrogens (tertiary/aromatic N) is 1. The highest BCUT2D eigenvalue weighted by molar-refractivity contribution is 7.86. The number of hydrogen-bond acceptors (Lipinski definition) is 4. The summed E-state index contributed by atoms with van der Waals surface area (Å²) < 4.78 is 34.1. The predicted octanol–water partition coefficient (Wildman–Crippen LogP) is 1.14. The molecule has 1 aromatic carbocycles. The molecule has 1 amide bonds. The maximum absolute atomic E-state index is 12.7. The fraction of sp³-hybridized carbons (Fsp3) is 0.462. The zero-order valence-corrected chi connectivity index (χ0v) is 11.9. The van der Waals surface area contributed by atoms with E-state index in [1.54, 1.807) is 25.1 Å². The zero-order valence-electron chi connectivity index (χ0n) is 11.0. The van der Waals surface area contributed by atoms with Crippen molar-refractivity contribution in [3.8, 4) is 0 Å². The number of carbonyl (C=O) groups is 1. The zero-order chi connectivity index (χ0) is 14.9. The minimum Gasteiger partial charge on any atom is -0.392 e. The fourth-order valence-corrected chi connectivity index (χ4v) is 3.33.